The van der Waals surface area contributed by atoms with Crippen molar-refractivity contribution in [3.05, 3.63) is 35.9 Å². The highest BCUT2D eigenvalue weighted by molar-refractivity contribution is 8.14. The third-order valence-electron chi connectivity index (χ3n) is 2.72. The molecule has 0 bridgehead atoms. The van der Waals surface area contributed by atoms with Crippen molar-refractivity contribution in [2.45, 2.75) is 58.2 Å². The monoisotopic (exact) mass is 334 g/mol. The molecule has 0 aliphatic heterocycles. The van der Waals surface area contributed by atoms with E-state index in [2.05, 4.69) is 11.8 Å². The third kappa shape index (κ3) is 8.22. The lowest BCUT2D eigenvalue weighted by atomic mass is 10.1. The zero-order valence-corrected chi connectivity index (χ0v) is 15.3. The highest BCUT2D eigenvalue weighted by Crippen LogP contribution is 2.27. The lowest BCUT2D eigenvalue weighted by molar-refractivity contribution is -0.127. The average molecular weight is 334 g/mol. The Morgan fingerprint density at radius 2 is 1.83 bits per heavy atom. The summed E-state index contributed by atoms with van der Waals surface area (Å²) in [4.78, 5) is 12.5. The number of rotatable bonds is 5. The van der Waals surface area contributed by atoms with Crippen LogP contribution < -0.4 is 0 Å². The van der Waals surface area contributed by atoms with Crippen LogP contribution in [0.25, 0.3) is 0 Å². The number of benzene rings is 1. The molecule has 1 aromatic carbocycles. The highest BCUT2D eigenvalue weighted by Gasteiger charge is 2.30. The molecule has 2 atom stereocenters. The van der Waals surface area contributed by atoms with Crippen LogP contribution in [0.4, 0.5) is 0 Å². The third-order valence-corrected chi connectivity index (χ3v) is 3.76. The summed E-state index contributed by atoms with van der Waals surface area (Å²) >= 11 is 1.17. The van der Waals surface area contributed by atoms with Gasteiger partial charge in [0.1, 0.15) is 6.10 Å². The lowest BCUT2D eigenvalue weighted by Gasteiger charge is -2.23. The van der Waals surface area contributed by atoms with E-state index < -0.39 is 12.2 Å². The molecular formula is C19H26O3S. The number of carbonyl (C=O) groups excluding carboxylic acids is 1. The molecule has 0 unspecified atom stereocenters. The van der Waals surface area contributed by atoms with Gasteiger partial charge in [-0.2, -0.15) is 0 Å². The SMILES string of the molecule is CC(C)C#C[C@H](O)[C@@H](OCc1ccccc1)C(=O)SC(C)(C)C. The molecule has 0 saturated carbocycles. The van der Waals surface area contributed by atoms with E-state index in [1.165, 1.54) is 11.8 Å². The number of hydrogen-bond donors (Lipinski definition) is 1. The molecule has 23 heavy (non-hydrogen) atoms. The fraction of sp³-hybridized carbons (Fsp3) is 0.526. The molecule has 1 rings (SSSR count). The van der Waals surface area contributed by atoms with E-state index in [9.17, 15) is 9.90 Å². The fourth-order valence-corrected chi connectivity index (χ4v) is 2.65. The molecule has 0 spiro atoms. The van der Waals surface area contributed by atoms with Crippen LogP contribution in [-0.2, 0) is 16.1 Å². The van der Waals surface area contributed by atoms with Gasteiger partial charge in [-0.3, -0.25) is 4.79 Å². The second kappa shape index (κ2) is 9.12. The maximum Gasteiger partial charge on any atom is 0.221 e. The van der Waals surface area contributed by atoms with Gasteiger partial charge in [-0.25, -0.2) is 0 Å². The molecule has 0 aromatic heterocycles. The second-order valence-corrected chi connectivity index (χ2v) is 8.47. The van der Waals surface area contributed by atoms with Crippen LogP contribution in [0.2, 0.25) is 0 Å². The Morgan fingerprint density at radius 3 is 2.35 bits per heavy atom. The molecule has 0 aliphatic rings. The van der Waals surface area contributed by atoms with Gasteiger partial charge < -0.3 is 9.84 Å². The zero-order valence-electron chi connectivity index (χ0n) is 14.5. The molecule has 126 valence electrons. The summed E-state index contributed by atoms with van der Waals surface area (Å²) in [6.45, 7) is 10.0. The first kappa shape index (κ1) is 19.8. The molecule has 1 N–H and O–H groups in total. The Balaban J connectivity index is 2.83. The van der Waals surface area contributed by atoms with Gasteiger partial charge in [0.15, 0.2) is 6.10 Å². The minimum Gasteiger partial charge on any atom is -0.377 e. The van der Waals surface area contributed by atoms with Gasteiger partial charge in [-0.1, -0.05) is 88.6 Å². The number of aliphatic hydroxyl groups is 1. The van der Waals surface area contributed by atoms with Crippen LogP contribution in [0.5, 0.6) is 0 Å². The van der Waals surface area contributed by atoms with Crippen molar-refractivity contribution >= 4 is 16.9 Å². The summed E-state index contributed by atoms with van der Waals surface area (Å²) < 4.78 is 5.47. The second-order valence-electron chi connectivity index (χ2n) is 6.64. The van der Waals surface area contributed by atoms with E-state index in [4.69, 9.17) is 4.74 Å². The van der Waals surface area contributed by atoms with E-state index in [0.29, 0.717) is 0 Å². The Labute approximate surface area is 143 Å². The molecular weight excluding hydrogens is 308 g/mol. The lowest BCUT2D eigenvalue weighted by Crippen LogP contribution is -2.36. The van der Waals surface area contributed by atoms with Crippen molar-refractivity contribution in [3.63, 3.8) is 0 Å². The Bertz CT molecular complexity index is 549. The predicted octanol–water partition coefficient (Wildman–Crippen LogP) is 3.65. The van der Waals surface area contributed by atoms with Crippen LogP contribution in [0.1, 0.15) is 40.2 Å². The largest absolute Gasteiger partial charge is 0.377 e. The fourth-order valence-electron chi connectivity index (χ4n) is 1.74. The van der Waals surface area contributed by atoms with Crippen molar-refractivity contribution in [1.29, 1.82) is 0 Å². The van der Waals surface area contributed by atoms with Crippen molar-refractivity contribution in [1.82, 2.24) is 0 Å². The molecule has 0 aliphatic carbocycles. The molecule has 0 heterocycles. The van der Waals surface area contributed by atoms with Gasteiger partial charge in [0.25, 0.3) is 0 Å². The predicted molar refractivity (Wildman–Crippen MR) is 96.0 cm³/mol. The molecule has 3 nitrogen and oxygen atoms in total. The number of aliphatic hydroxyl groups excluding tert-OH is 1. The average Bonchev–Trinajstić information content (AvgIpc) is 2.44. The van der Waals surface area contributed by atoms with E-state index in [-0.39, 0.29) is 22.4 Å². The Kier molecular flexibility index (Phi) is 7.84. The minimum atomic E-state index is -1.12. The van der Waals surface area contributed by atoms with Gasteiger partial charge in [-0.05, 0) is 5.56 Å². The molecule has 4 heteroatoms. The Hall–Kier alpha value is -1.28. The summed E-state index contributed by atoms with van der Waals surface area (Å²) in [5, 5.41) is 10.1. The summed E-state index contributed by atoms with van der Waals surface area (Å²) in [5.74, 6) is 5.76. The summed E-state index contributed by atoms with van der Waals surface area (Å²) in [5.41, 5.74) is 0.954. The maximum absolute atomic E-state index is 12.5. The van der Waals surface area contributed by atoms with E-state index in [1.54, 1.807) is 0 Å². The zero-order chi connectivity index (χ0) is 17.5. The molecule has 0 saturated heterocycles. The van der Waals surface area contributed by atoms with Crippen LogP contribution in [0.3, 0.4) is 0 Å². The van der Waals surface area contributed by atoms with E-state index >= 15 is 0 Å². The van der Waals surface area contributed by atoms with Crippen molar-refractivity contribution in [2.75, 3.05) is 0 Å². The van der Waals surface area contributed by atoms with Crippen LogP contribution in [0.15, 0.2) is 30.3 Å². The number of carbonyl (C=O) groups is 1. The van der Waals surface area contributed by atoms with Gasteiger partial charge in [0.05, 0.1) is 6.61 Å². The quantitative estimate of drug-likeness (QED) is 0.835. The topological polar surface area (TPSA) is 46.5 Å². The van der Waals surface area contributed by atoms with Gasteiger partial charge in [0, 0.05) is 10.7 Å². The van der Waals surface area contributed by atoms with Crippen molar-refractivity contribution in [3.8, 4) is 11.8 Å². The molecule has 0 fully saturated rings. The molecule has 0 amide bonds. The Morgan fingerprint density at radius 1 is 1.22 bits per heavy atom. The first-order valence-corrected chi connectivity index (χ1v) is 8.58. The van der Waals surface area contributed by atoms with Crippen LogP contribution in [0, 0.1) is 17.8 Å². The normalized spacial score (nSPS) is 14.0. The van der Waals surface area contributed by atoms with Gasteiger partial charge >= 0.3 is 0 Å². The van der Waals surface area contributed by atoms with Gasteiger partial charge in [-0.15, -0.1) is 0 Å². The number of hydrogen-bond acceptors (Lipinski definition) is 4. The van der Waals surface area contributed by atoms with Gasteiger partial charge in [0.2, 0.25) is 5.12 Å². The smallest absolute Gasteiger partial charge is 0.221 e. The standard InChI is InChI=1S/C19H26O3S/c1-14(2)11-12-16(20)17(18(21)23-19(3,4)5)22-13-15-9-7-6-8-10-15/h6-10,14,16-17,20H,13H2,1-5H3/t16-,17+/m0/s1. The minimum absolute atomic E-state index is 0.129. The number of thioether (sulfide) groups is 1. The number of ether oxygens (including phenoxy) is 1. The maximum atomic E-state index is 12.5. The summed E-state index contributed by atoms with van der Waals surface area (Å²) in [6.07, 6.45) is -2.07. The summed E-state index contributed by atoms with van der Waals surface area (Å²) in [7, 11) is 0. The highest BCUT2D eigenvalue weighted by atomic mass is 32.2. The van der Waals surface area contributed by atoms with E-state index in [1.807, 2.05) is 65.0 Å². The first-order valence-electron chi connectivity index (χ1n) is 7.76. The molecule has 0 radical (unpaired) electrons. The van der Waals surface area contributed by atoms with Crippen LogP contribution in [-0.4, -0.2) is 27.2 Å². The van der Waals surface area contributed by atoms with Crippen LogP contribution >= 0.6 is 11.8 Å². The van der Waals surface area contributed by atoms with Crippen molar-refractivity contribution < 1.29 is 14.6 Å². The van der Waals surface area contributed by atoms with E-state index in [0.717, 1.165) is 5.56 Å². The van der Waals surface area contributed by atoms with Crippen molar-refractivity contribution in [2.24, 2.45) is 5.92 Å². The first-order chi connectivity index (χ1) is 10.7. The summed E-state index contributed by atoms with van der Waals surface area (Å²) in [6, 6.07) is 9.59. The molecule has 1 aromatic rings.